The van der Waals surface area contributed by atoms with E-state index in [2.05, 4.69) is 29.7 Å². The van der Waals surface area contributed by atoms with E-state index in [9.17, 15) is 10.2 Å². The molecule has 1 saturated heterocycles. The summed E-state index contributed by atoms with van der Waals surface area (Å²) < 4.78 is 10.9. The lowest BCUT2D eigenvalue weighted by Gasteiger charge is -2.40. The average Bonchev–Trinajstić information content (AvgIpc) is 2.36. The molecule has 0 saturated carbocycles. The number of hydrogen-bond acceptors (Lipinski definition) is 6. The largest absolute Gasteiger partial charge is 0.394 e. The maximum Gasteiger partial charge on any atom is 0.169 e. The molecule has 0 amide bonds. The molecule has 0 aromatic heterocycles. The highest BCUT2D eigenvalue weighted by molar-refractivity contribution is 6.76. The highest BCUT2D eigenvalue weighted by Crippen LogP contribution is 2.25. The molecule has 1 heterocycles. The zero-order chi connectivity index (χ0) is 15.3. The first-order valence-corrected chi connectivity index (χ1v) is 10.3. The highest BCUT2D eigenvalue weighted by Gasteiger charge is 2.44. The van der Waals surface area contributed by atoms with Crippen molar-refractivity contribution < 1.29 is 24.8 Å². The minimum absolute atomic E-state index is 0.415. The van der Waals surface area contributed by atoms with E-state index in [-0.39, 0.29) is 0 Å². The lowest BCUT2D eigenvalue weighted by molar-refractivity contribution is -0.264. The predicted octanol–water partition coefficient (Wildman–Crippen LogP) is 0.459. The fourth-order valence-electron chi connectivity index (χ4n) is 1.87. The van der Waals surface area contributed by atoms with E-state index in [0.717, 1.165) is 6.04 Å². The molecule has 8 nitrogen and oxygen atoms in total. The number of aliphatic hydroxyl groups is 3. The molecule has 0 aromatic rings. The topological polar surface area (TPSA) is 128 Å². The monoisotopic (exact) mass is 305 g/mol. The molecule has 0 aromatic carbocycles. The van der Waals surface area contributed by atoms with Gasteiger partial charge in [0.1, 0.15) is 18.2 Å². The zero-order valence-corrected chi connectivity index (χ0v) is 13.0. The van der Waals surface area contributed by atoms with Gasteiger partial charge in [0.05, 0.1) is 12.7 Å². The summed E-state index contributed by atoms with van der Waals surface area (Å²) in [5.41, 5.74) is 8.53. The molecule has 20 heavy (non-hydrogen) atoms. The number of nitrogens with zero attached hydrogens (tertiary/aromatic N) is 3. The number of aliphatic hydroxyl groups excluding tert-OH is 3. The third kappa shape index (κ3) is 4.71. The quantitative estimate of drug-likeness (QED) is 0.284. The zero-order valence-electron chi connectivity index (χ0n) is 12.0. The summed E-state index contributed by atoms with van der Waals surface area (Å²) in [6.07, 6.45) is -4.55. The van der Waals surface area contributed by atoms with Crippen LogP contribution >= 0.6 is 0 Å². The van der Waals surface area contributed by atoms with Crippen molar-refractivity contribution in [3.05, 3.63) is 10.4 Å². The summed E-state index contributed by atoms with van der Waals surface area (Å²) >= 11 is 0. The van der Waals surface area contributed by atoms with Crippen molar-refractivity contribution >= 4 is 8.07 Å². The van der Waals surface area contributed by atoms with E-state index in [1.54, 1.807) is 0 Å². The summed E-state index contributed by atoms with van der Waals surface area (Å²) in [4.78, 5) is 2.64. The molecule has 0 spiro atoms. The van der Waals surface area contributed by atoms with Crippen molar-refractivity contribution in [2.45, 2.75) is 56.3 Å². The van der Waals surface area contributed by atoms with Crippen LogP contribution in [0.3, 0.4) is 0 Å². The number of azide groups is 1. The Hall–Kier alpha value is -0.673. The van der Waals surface area contributed by atoms with Crippen LogP contribution in [0.2, 0.25) is 25.7 Å². The fourth-order valence-corrected chi connectivity index (χ4v) is 2.60. The van der Waals surface area contributed by atoms with Gasteiger partial charge in [-0.1, -0.05) is 24.8 Å². The van der Waals surface area contributed by atoms with Gasteiger partial charge in [-0.15, -0.1) is 0 Å². The lowest BCUT2D eigenvalue weighted by atomic mass is 9.98. The van der Waals surface area contributed by atoms with Crippen molar-refractivity contribution in [3.63, 3.8) is 0 Å². The van der Waals surface area contributed by atoms with Gasteiger partial charge in [0.2, 0.25) is 0 Å². The molecule has 9 heteroatoms. The Morgan fingerprint density at radius 2 is 1.95 bits per heavy atom. The van der Waals surface area contributed by atoms with Crippen LogP contribution in [0.5, 0.6) is 0 Å². The summed E-state index contributed by atoms with van der Waals surface area (Å²) in [5, 5.41) is 32.2. The number of hydrogen-bond donors (Lipinski definition) is 3. The van der Waals surface area contributed by atoms with Gasteiger partial charge in [-0.25, -0.2) is 0 Å². The smallest absolute Gasteiger partial charge is 0.169 e. The van der Waals surface area contributed by atoms with Crippen molar-refractivity contribution in [3.8, 4) is 0 Å². The third-order valence-electron chi connectivity index (χ3n) is 3.17. The van der Waals surface area contributed by atoms with Gasteiger partial charge < -0.3 is 24.8 Å². The molecular formula is C11H23N3O5Si. The first-order chi connectivity index (χ1) is 9.30. The van der Waals surface area contributed by atoms with Crippen LogP contribution in [0.1, 0.15) is 0 Å². The van der Waals surface area contributed by atoms with Crippen LogP contribution in [0.15, 0.2) is 5.11 Å². The Morgan fingerprint density at radius 3 is 2.45 bits per heavy atom. The van der Waals surface area contributed by atoms with Gasteiger partial charge in [-0.05, 0) is 11.6 Å². The van der Waals surface area contributed by atoms with Crippen LogP contribution in [-0.4, -0.2) is 67.3 Å². The Balaban J connectivity index is 2.70. The van der Waals surface area contributed by atoms with Crippen LogP contribution in [-0.2, 0) is 9.47 Å². The average molecular weight is 305 g/mol. The maximum atomic E-state index is 9.92. The first kappa shape index (κ1) is 17.4. The molecule has 3 N–H and O–H groups in total. The van der Waals surface area contributed by atoms with Gasteiger partial charge in [0, 0.05) is 19.6 Å². The molecular weight excluding hydrogens is 282 g/mol. The molecule has 0 unspecified atom stereocenters. The SMILES string of the molecule is C[Si](C)(C)CCO[C@@H]1O[C@H](CO)[C@H](O)[C@H](O)[C@H]1N=[N+]=[N-]. The van der Waals surface area contributed by atoms with Crippen molar-refractivity contribution in [2.24, 2.45) is 5.11 Å². The molecule has 0 radical (unpaired) electrons. The normalized spacial score (nSPS) is 34.6. The second-order valence-corrected chi connectivity index (χ2v) is 11.7. The van der Waals surface area contributed by atoms with Crippen molar-refractivity contribution in [2.75, 3.05) is 13.2 Å². The van der Waals surface area contributed by atoms with Crippen LogP contribution in [0.25, 0.3) is 10.4 Å². The van der Waals surface area contributed by atoms with E-state index >= 15 is 0 Å². The van der Waals surface area contributed by atoms with Gasteiger partial charge >= 0.3 is 0 Å². The summed E-state index contributed by atoms with van der Waals surface area (Å²) in [6.45, 7) is 6.54. The molecule has 0 bridgehead atoms. The van der Waals surface area contributed by atoms with E-state index in [4.69, 9.17) is 20.1 Å². The Kier molecular flexibility index (Phi) is 6.40. The first-order valence-electron chi connectivity index (χ1n) is 6.58. The molecule has 1 aliphatic rings. The Labute approximate surface area is 119 Å². The highest BCUT2D eigenvalue weighted by atomic mass is 28.3. The Bertz CT molecular complexity index is 358. The van der Waals surface area contributed by atoms with E-state index in [1.807, 2.05) is 0 Å². The number of ether oxygens (including phenoxy) is 2. The van der Waals surface area contributed by atoms with E-state index < -0.39 is 45.3 Å². The summed E-state index contributed by atoms with van der Waals surface area (Å²) in [7, 11) is -1.28. The second-order valence-electron chi connectivity index (χ2n) is 6.08. The minimum atomic E-state index is -1.33. The third-order valence-corrected chi connectivity index (χ3v) is 4.87. The van der Waals surface area contributed by atoms with E-state index in [0.29, 0.717) is 6.61 Å². The molecule has 5 atom stereocenters. The molecule has 1 rings (SSSR count). The Morgan fingerprint density at radius 1 is 1.30 bits per heavy atom. The van der Waals surface area contributed by atoms with E-state index in [1.165, 1.54) is 0 Å². The second kappa shape index (κ2) is 7.37. The van der Waals surface area contributed by atoms with Crippen LogP contribution < -0.4 is 0 Å². The van der Waals surface area contributed by atoms with Crippen LogP contribution in [0.4, 0.5) is 0 Å². The van der Waals surface area contributed by atoms with Crippen LogP contribution in [0, 0.1) is 0 Å². The minimum Gasteiger partial charge on any atom is -0.394 e. The molecule has 1 fully saturated rings. The number of rotatable bonds is 6. The lowest BCUT2D eigenvalue weighted by Crippen LogP contribution is -2.58. The van der Waals surface area contributed by atoms with Crippen molar-refractivity contribution in [1.29, 1.82) is 0 Å². The molecule has 1 aliphatic heterocycles. The molecule has 0 aliphatic carbocycles. The van der Waals surface area contributed by atoms with Gasteiger partial charge in [-0.3, -0.25) is 0 Å². The summed E-state index contributed by atoms with van der Waals surface area (Å²) in [5.74, 6) is 0. The van der Waals surface area contributed by atoms with Gasteiger partial charge in [-0.2, -0.15) is 0 Å². The van der Waals surface area contributed by atoms with Gasteiger partial charge in [0.25, 0.3) is 0 Å². The fraction of sp³-hybridized carbons (Fsp3) is 1.00. The van der Waals surface area contributed by atoms with Gasteiger partial charge in [0.15, 0.2) is 6.29 Å². The predicted molar refractivity (Wildman–Crippen MR) is 74.8 cm³/mol. The summed E-state index contributed by atoms with van der Waals surface area (Å²) in [6, 6.07) is -0.141. The molecule has 116 valence electrons. The maximum absolute atomic E-state index is 9.92. The van der Waals surface area contributed by atoms with Crippen molar-refractivity contribution in [1.82, 2.24) is 0 Å². The standard InChI is InChI=1S/C11H23N3O5Si/c1-20(2,3)5-4-18-11-8(13-14-12)10(17)9(16)7(6-15)19-11/h7-11,15-17H,4-6H2,1-3H3/t7-,8-,9+,10-,11-/m1/s1.